The van der Waals surface area contributed by atoms with E-state index in [4.69, 9.17) is 10.5 Å². The van der Waals surface area contributed by atoms with Crippen molar-refractivity contribution in [3.63, 3.8) is 0 Å². The monoisotopic (exact) mass is 425 g/mol. The molecule has 0 aliphatic heterocycles. The van der Waals surface area contributed by atoms with Gasteiger partial charge in [-0.25, -0.2) is 4.79 Å². The Labute approximate surface area is 175 Å². The lowest BCUT2D eigenvalue weighted by Gasteiger charge is -2.06. The largest absolute Gasteiger partial charge is 0.451 e. The Kier molecular flexibility index (Phi) is 5.32. The maximum absolute atomic E-state index is 12.4. The van der Waals surface area contributed by atoms with Gasteiger partial charge in [-0.05, 0) is 43.9 Å². The van der Waals surface area contributed by atoms with Crippen molar-refractivity contribution in [3.8, 4) is 5.69 Å². The van der Waals surface area contributed by atoms with E-state index in [9.17, 15) is 14.4 Å². The molecule has 0 atom stereocenters. The van der Waals surface area contributed by atoms with Crippen LogP contribution in [0.2, 0.25) is 0 Å². The number of fused-ring (bicyclic) bond motifs is 1. The molecule has 0 fully saturated rings. The first-order chi connectivity index (χ1) is 14.4. The number of carbonyl (C=O) groups excluding carboxylic acids is 3. The number of esters is 1. The Balaban J connectivity index is 1.41. The summed E-state index contributed by atoms with van der Waals surface area (Å²) in [5.74, 6) is -1.89. The number of anilines is 1. The van der Waals surface area contributed by atoms with E-state index < -0.39 is 24.4 Å². The molecule has 1 aliphatic carbocycles. The van der Waals surface area contributed by atoms with Crippen LogP contribution >= 0.6 is 11.3 Å². The summed E-state index contributed by atoms with van der Waals surface area (Å²) < 4.78 is 5.09. The van der Waals surface area contributed by atoms with Crippen LogP contribution in [0.25, 0.3) is 5.69 Å². The normalized spacial score (nSPS) is 12.4. The van der Waals surface area contributed by atoms with Crippen molar-refractivity contribution in [2.75, 3.05) is 11.9 Å². The first kappa shape index (κ1) is 19.8. The van der Waals surface area contributed by atoms with Gasteiger partial charge in [0.25, 0.3) is 11.8 Å². The van der Waals surface area contributed by atoms with Crippen molar-refractivity contribution in [2.45, 2.75) is 26.2 Å². The minimum Gasteiger partial charge on any atom is -0.451 e. The molecule has 30 heavy (non-hydrogen) atoms. The van der Waals surface area contributed by atoms with Crippen LogP contribution in [0.4, 0.5) is 5.00 Å². The number of rotatable bonds is 6. The summed E-state index contributed by atoms with van der Waals surface area (Å²) in [7, 11) is 0. The van der Waals surface area contributed by atoms with Gasteiger partial charge in [0.05, 0.1) is 16.9 Å². The highest BCUT2D eigenvalue weighted by molar-refractivity contribution is 7.17. The van der Waals surface area contributed by atoms with Gasteiger partial charge in [0, 0.05) is 4.88 Å². The molecule has 0 saturated carbocycles. The first-order valence-corrected chi connectivity index (χ1v) is 10.2. The lowest BCUT2D eigenvalue weighted by molar-refractivity contribution is -0.119. The Hall–Kier alpha value is -3.53. The molecular formula is C20H19N5O4S. The number of nitrogens with one attached hydrogen (secondary N) is 1. The minimum atomic E-state index is -0.756. The van der Waals surface area contributed by atoms with Crippen LogP contribution in [0.5, 0.6) is 0 Å². The fraction of sp³-hybridized carbons (Fsp3) is 0.250. The van der Waals surface area contributed by atoms with Crippen molar-refractivity contribution in [1.82, 2.24) is 15.0 Å². The number of nitrogens with zero attached hydrogens (tertiary/aromatic N) is 3. The topological polar surface area (TPSA) is 129 Å². The van der Waals surface area contributed by atoms with Crippen molar-refractivity contribution in [3.05, 3.63) is 57.7 Å². The number of thiophene rings is 1. The summed E-state index contributed by atoms with van der Waals surface area (Å²) in [6.45, 7) is 1.12. The van der Waals surface area contributed by atoms with Crippen LogP contribution in [0.1, 0.15) is 43.4 Å². The number of ether oxygens (including phenoxy) is 1. The SMILES string of the molecule is Cc1nn(-c2ccccc2)nc1C(=O)OCC(=O)Nc1sc2c(c1C(N)=O)CCC2. The number of primary amides is 1. The van der Waals surface area contributed by atoms with Gasteiger partial charge in [0.15, 0.2) is 12.3 Å². The molecule has 0 radical (unpaired) electrons. The predicted molar refractivity (Wildman–Crippen MR) is 110 cm³/mol. The Morgan fingerprint density at radius 3 is 2.70 bits per heavy atom. The summed E-state index contributed by atoms with van der Waals surface area (Å²) in [5, 5.41) is 11.4. The van der Waals surface area contributed by atoms with Gasteiger partial charge >= 0.3 is 5.97 Å². The summed E-state index contributed by atoms with van der Waals surface area (Å²) >= 11 is 1.34. The number of benzene rings is 1. The molecule has 2 aromatic heterocycles. The molecule has 9 nitrogen and oxygen atoms in total. The Morgan fingerprint density at radius 2 is 1.97 bits per heavy atom. The summed E-state index contributed by atoms with van der Waals surface area (Å²) in [4.78, 5) is 38.9. The summed E-state index contributed by atoms with van der Waals surface area (Å²) in [6, 6.07) is 9.13. The third-order valence-electron chi connectivity index (χ3n) is 4.72. The zero-order chi connectivity index (χ0) is 21.3. The molecular weight excluding hydrogens is 406 g/mol. The number of aromatic nitrogens is 3. The van der Waals surface area contributed by atoms with Crippen LogP contribution in [0, 0.1) is 6.92 Å². The molecule has 0 unspecified atom stereocenters. The van der Waals surface area contributed by atoms with Crippen LogP contribution in [-0.4, -0.2) is 39.4 Å². The first-order valence-electron chi connectivity index (χ1n) is 9.34. The molecule has 1 aromatic carbocycles. The number of nitrogens with two attached hydrogens (primary N) is 1. The fourth-order valence-electron chi connectivity index (χ4n) is 3.36. The third kappa shape index (κ3) is 3.81. The van der Waals surface area contributed by atoms with E-state index in [2.05, 4.69) is 15.5 Å². The second kappa shape index (κ2) is 8.07. The van der Waals surface area contributed by atoms with E-state index in [1.165, 1.54) is 16.1 Å². The molecule has 10 heteroatoms. The lowest BCUT2D eigenvalue weighted by atomic mass is 10.1. The average molecular weight is 425 g/mol. The molecule has 0 bridgehead atoms. The van der Waals surface area contributed by atoms with Gasteiger partial charge < -0.3 is 15.8 Å². The third-order valence-corrected chi connectivity index (χ3v) is 5.92. The van der Waals surface area contributed by atoms with Crippen LogP contribution < -0.4 is 11.1 Å². The molecule has 3 aromatic rings. The molecule has 2 amide bonds. The number of amides is 2. The van der Waals surface area contributed by atoms with E-state index >= 15 is 0 Å². The van der Waals surface area contributed by atoms with E-state index in [1.807, 2.05) is 18.2 Å². The molecule has 154 valence electrons. The second-order valence-corrected chi connectivity index (χ2v) is 7.91. The molecule has 0 spiro atoms. The van der Waals surface area contributed by atoms with Gasteiger partial charge in [-0.1, -0.05) is 18.2 Å². The van der Waals surface area contributed by atoms with E-state index in [0.29, 0.717) is 21.9 Å². The molecule has 0 saturated heterocycles. The van der Waals surface area contributed by atoms with Gasteiger partial charge in [-0.15, -0.1) is 16.4 Å². The molecule has 3 N–H and O–H groups in total. The fourth-order valence-corrected chi connectivity index (χ4v) is 4.67. The van der Waals surface area contributed by atoms with E-state index in [0.717, 1.165) is 29.7 Å². The highest BCUT2D eigenvalue weighted by Gasteiger charge is 2.26. The number of carbonyl (C=O) groups is 3. The quantitative estimate of drug-likeness (QED) is 0.581. The zero-order valence-corrected chi connectivity index (χ0v) is 17.0. The van der Waals surface area contributed by atoms with Crippen molar-refractivity contribution in [1.29, 1.82) is 0 Å². The summed E-state index contributed by atoms with van der Waals surface area (Å²) in [6.07, 6.45) is 2.60. The summed E-state index contributed by atoms with van der Waals surface area (Å²) in [5.41, 5.74) is 7.86. The van der Waals surface area contributed by atoms with Crippen LogP contribution in [0.3, 0.4) is 0 Å². The number of hydrogen-bond acceptors (Lipinski definition) is 7. The number of aryl methyl sites for hydroxylation is 2. The smallest absolute Gasteiger partial charge is 0.361 e. The Bertz CT molecular complexity index is 1140. The van der Waals surface area contributed by atoms with Gasteiger partial charge in [-0.3, -0.25) is 9.59 Å². The second-order valence-electron chi connectivity index (χ2n) is 6.81. The standard InChI is InChI=1S/C20H19N5O4S/c1-11-17(24-25(23-11)12-6-3-2-4-7-12)20(28)29-10-15(26)22-19-16(18(21)27)13-8-5-9-14(13)30-19/h2-4,6-7H,5,8-10H2,1H3,(H2,21,27)(H,22,26). The van der Waals surface area contributed by atoms with Crippen LogP contribution in [0.15, 0.2) is 30.3 Å². The maximum Gasteiger partial charge on any atom is 0.361 e. The number of para-hydroxylation sites is 1. The zero-order valence-electron chi connectivity index (χ0n) is 16.2. The van der Waals surface area contributed by atoms with Gasteiger partial charge in [0.1, 0.15) is 5.00 Å². The van der Waals surface area contributed by atoms with Crippen LogP contribution in [-0.2, 0) is 22.4 Å². The number of hydrogen-bond donors (Lipinski definition) is 2. The van der Waals surface area contributed by atoms with Gasteiger partial charge in [0.2, 0.25) is 0 Å². The van der Waals surface area contributed by atoms with E-state index in [-0.39, 0.29) is 5.69 Å². The van der Waals surface area contributed by atoms with Crippen molar-refractivity contribution < 1.29 is 19.1 Å². The van der Waals surface area contributed by atoms with Crippen molar-refractivity contribution in [2.24, 2.45) is 5.73 Å². The highest BCUT2D eigenvalue weighted by atomic mass is 32.1. The van der Waals surface area contributed by atoms with E-state index in [1.54, 1.807) is 19.1 Å². The predicted octanol–water partition coefficient (Wildman–Crippen LogP) is 2.02. The Morgan fingerprint density at radius 1 is 1.20 bits per heavy atom. The highest BCUT2D eigenvalue weighted by Crippen LogP contribution is 2.38. The lowest BCUT2D eigenvalue weighted by Crippen LogP contribution is -2.23. The maximum atomic E-state index is 12.4. The molecule has 4 rings (SSSR count). The minimum absolute atomic E-state index is 0.0274. The van der Waals surface area contributed by atoms with Crippen molar-refractivity contribution >= 4 is 34.1 Å². The van der Waals surface area contributed by atoms with Gasteiger partial charge in [-0.2, -0.15) is 9.90 Å². The molecule has 2 heterocycles. The average Bonchev–Trinajstić information content (AvgIpc) is 3.41. The molecule has 1 aliphatic rings.